The number of rotatable bonds is 7. The van der Waals surface area contributed by atoms with E-state index in [1.54, 1.807) is 24.3 Å². The SMILES string of the molecule is CCOc1ccc(NS(=O)(=O)c2cc(C(=O)Nc3ccc(F)cc3)n[nH]2)cc1. The number of hydrogen-bond donors (Lipinski definition) is 3. The molecule has 0 spiro atoms. The second-order valence-corrected chi connectivity index (χ2v) is 7.29. The molecule has 0 aliphatic rings. The molecule has 0 unspecified atom stereocenters. The monoisotopic (exact) mass is 404 g/mol. The van der Waals surface area contributed by atoms with Crippen LogP contribution in [0.1, 0.15) is 17.4 Å². The smallest absolute Gasteiger partial charge is 0.278 e. The number of amides is 1. The fourth-order valence-electron chi connectivity index (χ4n) is 2.28. The zero-order valence-corrected chi connectivity index (χ0v) is 15.6. The highest BCUT2D eigenvalue weighted by molar-refractivity contribution is 7.92. The van der Waals surface area contributed by atoms with Crippen LogP contribution in [0.15, 0.2) is 59.6 Å². The summed E-state index contributed by atoms with van der Waals surface area (Å²) in [6, 6.07) is 12.6. The molecule has 0 bridgehead atoms. The minimum atomic E-state index is -3.97. The standard InChI is InChI=1S/C18H17FN4O4S/c1-2-27-15-9-7-14(8-10-15)23-28(25,26)17-11-16(21-22-17)18(24)20-13-5-3-12(19)4-6-13/h3-11,23H,2H2,1H3,(H,20,24)(H,21,22). The summed E-state index contributed by atoms with van der Waals surface area (Å²) >= 11 is 0. The van der Waals surface area contributed by atoms with Crippen molar-refractivity contribution in [2.45, 2.75) is 11.9 Å². The van der Waals surface area contributed by atoms with Crippen LogP contribution in [0.3, 0.4) is 0 Å². The van der Waals surface area contributed by atoms with Gasteiger partial charge in [-0.1, -0.05) is 0 Å². The van der Waals surface area contributed by atoms with E-state index in [4.69, 9.17) is 4.74 Å². The molecule has 0 saturated heterocycles. The van der Waals surface area contributed by atoms with E-state index in [0.717, 1.165) is 6.07 Å². The van der Waals surface area contributed by atoms with Crippen LogP contribution in [-0.2, 0) is 10.0 Å². The Kier molecular flexibility index (Phi) is 5.59. The molecule has 2 aromatic carbocycles. The van der Waals surface area contributed by atoms with Crippen molar-refractivity contribution in [3.8, 4) is 5.75 Å². The fourth-order valence-corrected chi connectivity index (χ4v) is 3.27. The number of benzene rings is 2. The van der Waals surface area contributed by atoms with Crippen molar-refractivity contribution in [1.82, 2.24) is 10.2 Å². The van der Waals surface area contributed by atoms with E-state index in [-0.39, 0.29) is 10.7 Å². The first-order chi connectivity index (χ1) is 13.4. The van der Waals surface area contributed by atoms with Crippen LogP contribution in [0, 0.1) is 5.82 Å². The van der Waals surface area contributed by atoms with E-state index in [9.17, 15) is 17.6 Å². The van der Waals surface area contributed by atoms with E-state index in [1.165, 1.54) is 24.3 Å². The molecule has 3 N–H and O–H groups in total. The number of carbonyl (C=O) groups is 1. The molecule has 0 fully saturated rings. The lowest BCUT2D eigenvalue weighted by Crippen LogP contribution is -2.14. The Balaban J connectivity index is 1.70. The second kappa shape index (κ2) is 8.09. The van der Waals surface area contributed by atoms with Crippen molar-refractivity contribution < 1.29 is 22.3 Å². The van der Waals surface area contributed by atoms with Crippen LogP contribution in [-0.4, -0.2) is 31.1 Å². The maximum absolute atomic E-state index is 12.9. The van der Waals surface area contributed by atoms with Gasteiger partial charge in [0.15, 0.2) is 10.7 Å². The van der Waals surface area contributed by atoms with Crippen LogP contribution < -0.4 is 14.8 Å². The zero-order chi connectivity index (χ0) is 20.1. The van der Waals surface area contributed by atoms with Gasteiger partial charge in [0.2, 0.25) is 0 Å². The highest BCUT2D eigenvalue weighted by atomic mass is 32.2. The minimum absolute atomic E-state index is 0.128. The molecule has 28 heavy (non-hydrogen) atoms. The Labute approximate surface area is 160 Å². The molecule has 0 radical (unpaired) electrons. The maximum Gasteiger partial charge on any atom is 0.278 e. The van der Waals surface area contributed by atoms with Crippen LogP contribution in [0.4, 0.5) is 15.8 Å². The molecule has 3 aromatic rings. The van der Waals surface area contributed by atoms with Crippen LogP contribution in [0.2, 0.25) is 0 Å². The van der Waals surface area contributed by atoms with Gasteiger partial charge in [-0.05, 0) is 55.5 Å². The number of nitrogens with one attached hydrogen (secondary N) is 3. The largest absolute Gasteiger partial charge is 0.494 e. The third kappa shape index (κ3) is 4.65. The molecule has 1 amide bonds. The molecule has 146 valence electrons. The zero-order valence-electron chi connectivity index (χ0n) is 14.8. The first-order valence-electron chi connectivity index (χ1n) is 8.25. The van der Waals surface area contributed by atoms with Crippen LogP contribution >= 0.6 is 0 Å². The number of halogens is 1. The topological polar surface area (TPSA) is 113 Å². The van der Waals surface area contributed by atoms with E-state index in [2.05, 4.69) is 20.2 Å². The first kappa shape index (κ1) is 19.4. The third-order valence-corrected chi connectivity index (χ3v) is 4.89. The van der Waals surface area contributed by atoms with Crippen LogP contribution in [0.5, 0.6) is 5.75 Å². The molecule has 0 atom stereocenters. The van der Waals surface area contributed by atoms with Crippen molar-refractivity contribution in [3.05, 3.63) is 66.1 Å². The van der Waals surface area contributed by atoms with Gasteiger partial charge in [0, 0.05) is 17.4 Å². The van der Waals surface area contributed by atoms with Crippen molar-refractivity contribution in [2.75, 3.05) is 16.6 Å². The van der Waals surface area contributed by atoms with Gasteiger partial charge in [-0.3, -0.25) is 14.6 Å². The summed E-state index contributed by atoms with van der Waals surface area (Å²) in [6.45, 7) is 2.35. The highest BCUT2D eigenvalue weighted by Gasteiger charge is 2.20. The highest BCUT2D eigenvalue weighted by Crippen LogP contribution is 2.19. The molecule has 3 rings (SSSR count). The van der Waals surface area contributed by atoms with Gasteiger partial charge in [0.05, 0.1) is 6.61 Å². The molecule has 0 aliphatic heterocycles. The van der Waals surface area contributed by atoms with Gasteiger partial charge < -0.3 is 10.1 Å². The Morgan fingerprint density at radius 3 is 2.39 bits per heavy atom. The number of anilines is 2. The van der Waals surface area contributed by atoms with Crippen LogP contribution in [0.25, 0.3) is 0 Å². The van der Waals surface area contributed by atoms with E-state index < -0.39 is 21.7 Å². The third-order valence-electron chi connectivity index (χ3n) is 3.60. The van der Waals surface area contributed by atoms with Crippen molar-refractivity contribution in [2.24, 2.45) is 0 Å². The van der Waals surface area contributed by atoms with Crippen molar-refractivity contribution in [3.63, 3.8) is 0 Å². The summed E-state index contributed by atoms with van der Waals surface area (Å²) in [7, 11) is -3.97. The number of ether oxygens (including phenoxy) is 1. The number of H-pyrrole nitrogens is 1. The number of aromatic amines is 1. The summed E-state index contributed by atoms with van der Waals surface area (Å²) in [6.07, 6.45) is 0. The van der Waals surface area contributed by atoms with Crippen molar-refractivity contribution >= 4 is 27.3 Å². The Bertz CT molecular complexity index is 1060. The normalized spacial score (nSPS) is 11.1. The number of sulfonamides is 1. The minimum Gasteiger partial charge on any atom is -0.494 e. The van der Waals surface area contributed by atoms with Gasteiger partial charge in [-0.25, -0.2) is 4.39 Å². The summed E-state index contributed by atoms with van der Waals surface area (Å²) in [4.78, 5) is 12.2. The summed E-state index contributed by atoms with van der Waals surface area (Å²) in [5.74, 6) is -0.455. The average molecular weight is 404 g/mol. The average Bonchev–Trinajstić information content (AvgIpc) is 3.17. The van der Waals surface area contributed by atoms with E-state index in [0.29, 0.717) is 23.7 Å². The van der Waals surface area contributed by atoms with Gasteiger partial charge in [0.25, 0.3) is 15.9 Å². The van der Waals surface area contributed by atoms with E-state index in [1.807, 2.05) is 6.92 Å². The lowest BCUT2D eigenvalue weighted by Gasteiger charge is -2.07. The molecular weight excluding hydrogens is 387 g/mol. The molecule has 1 aromatic heterocycles. The number of nitrogens with zero attached hydrogens (tertiary/aromatic N) is 1. The summed E-state index contributed by atoms with van der Waals surface area (Å²) in [5.41, 5.74) is 0.554. The maximum atomic E-state index is 12.9. The number of hydrogen-bond acceptors (Lipinski definition) is 5. The molecule has 0 saturated carbocycles. The molecule has 1 heterocycles. The molecule has 8 nitrogen and oxygen atoms in total. The quantitative estimate of drug-likeness (QED) is 0.560. The Hall–Kier alpha value is -3.40. The van der Waals surface area contributed by atoms with Gasteiger partial charge in [-0.2, -0.15) is 13.5 Å². The Morgan fingerprint density at radius 2 is 1.75 bits per heavy atom. The number of aromatic nitrogens is 2. The predicted octanol–water partition coefficient (Wildman–Crippen LogP) is 3.00. The lowest BCUT2D eigenvalue weighted by molar-refractivity contribution is 0.102. The summed E-state index contributed by atoms with van der Waals surface area (Å²) < 4.78 is 45.5. The predicted molar refractivity (Wildman–Crippen MR) is 101 cm³/mol. The second-order valence-electron chi connectivity index (χ2n) is 5.64. The molecule has 10 heteroatoms. The van der Waals surface area contributed by atoms with Gasteiger partial charge in [-0.15, -0.1) is 0 Å². The van der Waals surface area contributed by atoms with E-state index >= 15 is 0 Å². The summed E-state index contributed by atoms with van der Waals surface area (Å²) in [5, 5.41) is 8.28. The van der Waals surface area contributed by atoms with Gasteiger partial charge >= 0.3 is 0 Å². The fraction of sp³-hybridized carbons (Fsp3) is 0.111. The lowest BCUT2D eigenvalue weighted by atomic mass is 10.3. The number of carbonyl (C=O) groups excluding carboxylic acids is 1. The Morgan fingerprint density at radius 1 is 1.11 bits per heavy atom. The molecular formula is C18H17FN4O4S. The van der Waals surface area contributed by atoms with Gasteiger partial charge in [0.1, 0.15) is 11.6 Å². The molecule has 0 aliphatic carbocycles. The van der Waals surface area contributed by atoms with Crippen molar-refractivity contribution in [1.29, 1.82) is 0 Å². The first-order valence-corrected chi connectivity index (χ1v) is 9.74.